The van der Waals surface area contributed by atoms with Crippen LogP contribution in [0.25, 0.3) is 0 Å². The van der Waals surface area contributed by atoms with Gasteiger partial charge in [0.1, 0.15) is 0 Å². The molecular weight excluding hydrogens is 449 g/mol. The highest BCUT2D eigenvalue weighted by Crippen LogP contribution is 2.33. The van der Waals surface area contributed by atoms with Gasteiger partial charge in [-0.2, -0.15) is 13.2 Å². The molecule has 0 saturated heterocycles. The Morgan fingerprint density at radius 3 is 2.30 bits per heavy atom. The Morgan fingerprint density at radius 2 is 1.83 bits per heavy atom. The van der Waals surface area contributed by atoms with Crippen molar-refractivity contribution in [2.45, 2.75) is 30.6 Å². The molecule has 0 saturated carbocycles. The first kappa shape index (κ1) is 23.4. The number of sulfonamides is 1. The van der Waals surface area contributed by atoms with Crippen molar-refractivity contribution in [2.75, 3.05) is 16.6 Å². The van der Waals surface area contributed by atoms with Crippen molar-refractivity contribution < 1.29 is 35.9 Å². The van der Waals surface area contributed by atoms with Crippen molar-refractivity contribution in [3.63, 3.8) is 0 Å². The van der Waals surface area contributed by atoms with Gasteiger partial charge in [0.05, 0.1) is 11.5 Å². The Labute approximate surface area is 173 Å². The molecule has 0 fully saturated rings. The molecule has 0 spiro atoms. The van der Waals surface area contributed by atoms with Gasteiger partial charge in [0.25, 0.3) is 10.0 Å². The number of halogens is 3. The molecule has 1 atom stereocenters. The van der Waals surface area contributed by atoms with Gasteiger partial charge in [-0.15, -0.1) is 11.3 Å². The largest absolute Gasteiger partial charge is 0.463 e. The lowest BCUT2D eigenvalue weighted by Crippen LogP contribution is -2.69. The molecule has 9 nitrogen and oxygen atoms in total. The lowest BCUT2D eigenvalue weighted by molar-refractivity contribution is -0.207. The normalized spacial score (nSPS) is 13.8. The fraction of sp³-hybridized carbons (Fsp3) is 0.312. The molecule has 1 heterocycles. The van der Waals surface area contributed by atoms with Crippen LogP contribution in [0.1, 0.15) is 13.8 Å². The third kappa shape index (κ3) is 5.18. The number of nitrogens with zero attached hydrogens (tertiary/aromatic N) is 1. The van der Waals surface area contributed by atoms with Crippen LogP contribution in [0.5, 0.6) is 0 Å². The van der Waals surface area contributed by atoms with E-state index < -0.39 is 33.7 Å². The van der Waals surface area contributed by atoms with E-state index in [1.807, 2.05) is 5.32 Å². The van der Waals surface area contributed by atoms with Crippen molar-refractivity contribution in [3.8, 4) is 0 Å². The SMILES string of the molecule is CCOC(=O)[C@@](NC(C)=O)(Nc1ccc(S(=O)(=O)Nc2nccs2)cc1)C(F)(F)F. The predicted molar refractivity (Wildman–Crippen MR) is 102 cm³/mol. The highest BCUT2D eigenvalue weighted by atomic mass is 32.2. The van der Waals surface area contributed by atoms with E-state index in [-0.39, 0.29) is 22.3 Å². The summed E-state index contributed by atoms with van der Waals surface area (Å²) in [6.07, 6.45) is -3.88. The second-order valence-electron chi connectivity index (χ2n) is 5.74. The van der Waals surface area contributed by atoms with Gasteiger partial charge >= 0.3 is 17.8 Å². The van der Waals surface area contributed by atoms with Crippen molar-refractivity contribution in [3.05, 3.63) is 35.8 Å². The molecule has 0 aliphatic heterocycles. The highest BCUT2D eigenvalue weighted by Gasteiger charge is 2.63. The summed E-state index contributed by atoms with van der Waals surface area (Å²) < 4.78 is 72.7. The van der Waals surface area contributed by atoms with Crippen molar-refractivity contribution in [1.82, 2.24) is 10.3 Å². The number of thiazole rings is 1. The van der Waals surface area contributed by atoms with Crippen LogP contribution in [0.2, 0.25) is 0 Å². The minimum Gasteiger partial charge on any atom is -0.463 e. The van der Waals surface area contributed by atoms with Gasteiger partial charge < -0.3 is 15.4 Å². The van der Waals surface area contributed by atoms with Crippen LogP contribution in [0.4, 0.5) is 24.0 Å². The smallest absolute Gasteiger partial charge is 0.441 e. The molecule has 0 radical (unpaired) electrons. The summed E-state index contributed by atoms with van der Waals surface area (Å²) in [4.78, 5) is 27.0. The Morgan fingerprint density at radius 1 is 1.20 bits per heavy atom. The van der Waals surface area contributed by atoms with Crippen LogP contribution < -0.4 is 15.4 Å². The van der Waals surface area contributed by atoms with Gasteiger partial charge in [-0.1, -0.05) is 0 Å². The van der Waals surface area contributed by atoms with E-state index in [0.717, 1.165) is 42.5 Å². The fourth-order valence-corrected chi connectivity index (χ4v) is 4.06. The number of alkyl halides is 3. The quantitative estimate of drug-likeness (QED) is 0.403. The van der Waals surface area contributed by atoms with Gasteiger partial charge in [-0.25, -0.2) is 18.2 Å². The summed E-state index contributed by atoms with van der Waals surface area (Å²) in [6.45, 7) is 1.75. The number of carbonyl (C=O) groups is 2. The molecule has 2 rings (SSSR count). The van der Waals surface area contributed by atoms with Crippen LogP contribution in [-0.2, 0) is 24.3 Å². The second kappa shape index (κ2) is 8.87. The van der Waals surface area contributed by atoms with Crippen LogP contribution in [0.15, 0.2) is 40.7 Å². The molecule has 0 unspecified atom stereocenters. The van der Waals surface area contributed by atoms with E-state index >= 15 is 0 Å². The Kier molecular flexibility index (Phi) is 6.92. The zero-order valence-corrected chi connectivity index (χ0v) is 17.2. The molecule has 0 aliphatic rings. The molecule has 3 N–H and O–H groups in total. The third-order valence-corrected chi connectivity index (χ3v) is 5.69. The number of aromatic nitrogens is 1. The van der Waals surface area contributed by atoms with Crippen molar-refractivity contribution >= 4 is 44.1 Å². The minimum atomic E-state index is -5.28. The van der Waals surface area contributed by atoms with E-state index in [0.29, 0.717) is 0 Å². The average molecular weight is 466 g/mol. The maximum absolute atomic E-state index is 13.8. The van der Waals surface area contributed by atoms with Gasteiger partial charge in [0, 0.05) is 24.2 Å². The van der Waals surface area contributed by atoms with E-state index in [1.54, 1.807) is 10.7 Å². The van der Waals surface area contributed by atoms with E-state index in [1.165, 1.54) is 13.1 Å². The van der Waals surface area contributed by atoms with Gasteiger partial charge in [-0.3, -0.25) is 9.52 Å². The number of ether oxygens (including phenoxy) is 1. The maximum atomic E-state index is 13.8. The zero-order valence-electron chi connectivity index (χ0n) is 15.6. The Balaban J connectivity index is 2.36. The number of carbonyl (C=O) groups excluding carboxylic acids is 2. The molecule has 0 bridgehead atoms. The summed E-state index contributed by atoms with van der Waals surface area (Å²) in [5.41, 5.74) is -3.85. The zero-order chi connectivity index (χ0) is 22.6. The molecule has 1 amide bonds. The molecule has 2 aromatic rings. The molecule has 30 heavy (non-hydrogen) atoms. The standard InChI is InChI=1S/C16H17F3N4O5S2/c1-3-28-13(25)15(16(17,18)19,21-10(2)24)22-11-4-6-12(7-5-11)30(26,27)23-14-20-8-9-29-14/h4-9,22H,3H2,1-2H3,(H,20,23)(H,21,24)/t15-/m1/s1. The first-order valence-electron chi connectivity index (χ1n) is 8.24. The Hall–Kier alpha value is -2.87. The monoisotopic (exact) mass is 466 g/mol. The lowest BCUT2D eigenvalue weighted by atomic mass is 10.1. The number of anilines is 2. The first-order valence-corrected chi connectivity index (χ1v) is 10.6. The van der Waals surface area contributed by atoms with Crippen molar-refractivity contribution in [2.24, 2.45) is 0 Å². The molecule has 164 valence electrons. The lowest BCUT2D eigenvalue weighted by Gasteiger charge is -2.35. The average Bonchev–Trinajstić information content (AvgIpc) is 3.12. The number of hydrogen-bond acceptors (Lipinski definition) is 8. The van der Waals surface area contributed by atoms with Crippen LogP contribution in [0.3, 0.4) is 0 Å². The topological polar surface area (TPSA) is 126 Å². The van der Waals surface area contributed by atoms with Crippen LogP contribution >= 0.6 is 11.3 Å². The third-order valence-electron chi connectivity index (χ3n) is 3.52. The summed E-state index contributed by atoms with van der Waals surface area (Å²) in [7, 11) is -4.03. The molecular formula is C16H17F3N4O5S2. The number of amides is 1. The van der Waals surface area contributed by atoms with Gasteiger partial charge in [0.15, 0.2) is 5.13 Å². The summed E-state index contributed by atoms with van der Waals surface area (Å²) in [5.74, 6) is -2.91. The maximum Gasteiger partial charge on any atom is 0.441 e. The molecule has 1 aromatic carbocycles. The summed E-state index contributed by atoms with van der Waals surface area (Å²) >= 11 is 1.04. The first-order chi connectivity index (χ1) is 13.9. The van der Waals surface area contributed by atoms with Gasteiger partial charge in [0.2, 0.25) is 5.91 Å². The van der Waals surface area contributed by atoms with E-state index in [2.05, 4.69) is 14.4 Å². The van der Waals surface area contributed by atoms with Crippen LogP contribution in [-0.4, -0.2) is 43.7 Å². The molecule has 14 heteroatoms. The van der Waals surface area contributed by atoms with Gasteiger partial charge in [-0.05, 0) is 31.2 Å². The number of hydrogen-bond donors (Lipinski definition) is 3. The molecule has 1 aromatic heterocycles. The van der Waals surface area contributed by atoms with E-state index in [4.69, 9.17) is 0 Å². The highest BCUT2D eigenvalue weighted by molar-refractivity contribution is 7.93. The Bertz CT molecular complexity index is 995. The van der Waals surface area contributed by atoms with Crippen molar-refractivity contribution in [1.29, 1.82) is 0 Å². The number of rotatable bonds is 8. The van der Waals surface area contributed by atoms with E-state index in [9.17, 15) is 31.2 Å². The fourth-order valence-electron chi connectivity index (χ4n) is 2.28. The number of nitrogens with one attached hydrogen (secondary N) is 3. The predicted octanol–water partition coefficient (Wildman–Crippen LogP) is 2.31. The summed E-state index contributed by atoms with van der Waals surface area (Å²) in [6, 6.07) is 4.08. The van der Waals surface area contributed by atoms with Crippen LogP contribution in [0, 0.1) is 0 Å². The number of benzene rings is 1. The number of esters is 1. The second-order valence-corrected chi connectivity index (χ2v) is 8.32. The summed E-state index contributed by atoms with van der Waals surface area (Å²) in [5, 5.41) is 5.14. The molecule has 0 aliphatic carbocycles. The minimum absolute atomic E-state index is 0.112.